The Labute approximate surface area is 178 Å². The predicted molar refractivity (Wildman–Crippen MR) is 117 cm³/mol. The number of rotatable bonds is 7. The number of carbonyl (C=O) groups is 1. The lowest BCUT2D eigenvalue weighted by molar-refractivity contribution is -0.384. The van der Waals surface area contributed by atoms with Crippen LogP contribution in [0, 0.1) is 17.0 Å². The summed E-state index contributed by atoms with van der Waals surface area (Å²) in [5.41, 5.74) is 2.44. The lowest BCUT2D eigenvalue weighted by Gasteiger charge is -2.09. The molecule has 0 saturated carbocycles. The third-order valence-corrected chi connectivity index (χ3v) is 5.09. The Morgan fingerprint density at radius 1 is 1.23 bits per heavy atom. The highest BCUT2D eigenvalue weighted by Crippen LogP contribution is 2.23. The molecule has 0 spiro atoms. The maximum Gasteiger partial charge on any atom is 0.270 e. The number of aryl methyl sites for hydroxylation is 2. The Morgan fingerprint density at radius 3 is 2.77 bits per heavy atom. The molecule has 1 amide bonds. The van der Waals surface area contributed by atoms with E-state index in [-0.39, 0.29) is 11.3 Å². The Hall–Kier alpha value is -4.01. The molecule has 0 atom stereocenters. The van der Waals surface area contributed by atoms with Crippen LogP contribution in [-0.2, 0) is 13.1 Å². The maximum absolute atomic E-state index is 12.6. The van der Waals surface area contributed by atoms with E-state index in [0.29, 0.717) is 12.2 Å². The number of amides is 1. The molecule has 9 heteroatoms. The number of non-ortho nitro benzene ring substituents is 1. The van der Waals surface area contributed by atoms with E-state index < -0.39 is 10.8 Å². The van der Waals surface area contributed by atoms with Crippen molar-refractivity contribution in [2.75, 3.05) is 5.32 Å². The zero-order valence-electron chi connectivity index (χ0n) is 17.3. The molecule has 158 valence electrons. The minimum atomic E-state index is -0.521. The molecule has 0 fully saturated rings. The molecule has 2 heterocycles. The SMILES string of the molecule is CCCn1c(Cn2ccnc2C)nc2cc(NC(=O)c3cccc([N+](=O)[O-])c3)ccc21. The van der Waals surface area contributed by atoms with E-state index in [9.17, 15) is 14.9 Å². The standard InChI is InChI=1S/C22H22N6O3/c1-3-10-27-20-8-7-17(24-22(29)16-5-4-6-18(12-16)28(30)31)13-19(20)25-21(27)14-26-11-9-23-15(26)2/h4-9,11-13H,3,10,14H2,1-2H3,(H,24,29). The molecule has 2 aromatic heterocycles. The molecule has 0 aliphatic rings. The summed E-state index contributed by atoms with van der Waals surface area (Å²) < 4.78 is 4.22. The number of aromatic nitrogens is 4. The molecule has 0 bridgehead atoms. The Bertz CT molecular complexity index is 1270. The van der Waals surface area contributed by atoms with E-state index in [1.165, 1.54) is 18.2 Å². The lowest BCUT2D eigenvalue weighted by Crippen LogP contribution is -2.12. The van der Waals surface area contributed by atoms with E-state index in [1.54, 1.807) is 12.3 Å². The molecule has 2 aromatic carbocycles. The lowest BCUT2D eigenvalue weighted by atomic mass is 10.2. The summed E-state index contributed by atoms with van der Waals surface area (Å²) in [7, 11) is 0. The molecular formula is C22H22N6O3. The first-order chi connectivity index (χ1) is 15.0. The molecular weight excluding hydrogens is 396 g/mol. The van der Waals surface area contributed by atoms with Crippen LogP contribution in [0.1, 0.15) is 35.4 Å². The van der Waals surface area contributed by atoms with Crippen molar-refractivity contribution >= 4 is 28.3 Å². The number of imidazole rings is 2. The largest absolute Gasteiger partial charge is 0.328 e. The van der Waals surface area contributed by atoms with Gasteiger partial charge in [-0.05, 0) is 37.6 Å². The van der Waals surface area contributed by atoms with Gasteiger partial charge in [0.05, 0.1) is 22.5 Å². The number of hydrogen-bond acceptors (Lipinski definition) is 5. The molecule has 4 aromatic rings. The van der Waals surface area contributed by atoms with Gasteiger partial charge in [-0.15, -0.1) is 0 Å². The van der Waals surface area contributed by atoms with Crippen molar-refractivity contribution in [3.8, 4) is 0 Å². The molecule has 31 heavy (non-hydrogen) atoms. The van der Waals surface area contributed by atoms with Crippen LogP contribution in [0.5, 0.6) is 0 Å². The van der Waals surface area contributed by atoms with E-state index in [2.05, 4.69) is 21.8 Å². The quantitative estimate of drug-likeness (QED) is 0.358. The van der Waals surface area contributed by atoms with Gasteiger partial charge in [0.1, 0.15) is 11.6 Å². The summed E-state index contributed by atoms with van der Waals surface area (Å²) in [6.45, 7) is 5.51. The molecule has 4 rings (SSSR count). The Kier molecular flexibility index (Phi) is 5.48. The van der Waals surface area contributed by atoms with Crippen molar-refractivity contribution in [1.29, 1.82) is 0 Å². The highest BCUT2D eigenvalue weighted by molar-refractivity contribution is 6.05. The summed E-state index contributed by atoms with van der Waals surface area (Å²) in [5, 5.41) is 13.8. The van der Waals surface area contributed by atoms with Crippen molar-refractivity contribution < 1.29 is 9.72 Å². The second-order valence-corrected chi connectivity index (χ2v) is 7.25. The smallest absolute Gasteiger partial charge is 0.270 e. The van der Waals surface area contributed by atoms with Crippen LogP contribution in [0.25, 0.3) is 11.0 Å². The van der Waals surface area contributed by atoms with Crippen LogP contribution in [0.2, 0.25) is 0 Å². The summed E-state index contributed by atoms with van der Waals surface area (Å²) >= 11 is 0. The highest BCUT2D eigenvalue weighted by atomic mass is 16.6. The average Bonchev–Trinajstić information content (AvgIpc) is 3.31. The van der Waals surface area contributed by atoms with Gasteiger partial charge >= 0.3 is 0 Å². The Morgan fingerprint density at radius 2 is 2.06 bits per heavy atom. The molecule has 0 saturated heterocycles. The third-order valence-electron chi connectivity index (χ3n) is 5.09. The fraction of sp³-hybridized carbons (Fsp3) is 0.227. The summed E-state index contributed by atoms with van der Waals surface area (Å²) in [6, 6.07) is 11.2. The van der Waals surface area contributed by atoms with E-state index in [4.69, 9.17) is 4.98 Å². The number of nitrogens with one attached hydrogen (secondary N) is 1. The van der Waals surface area contributed by atoms with Gasteiger partial charge in [0.2, 0.25) is 0 Å². The van der Waals surface area contributed by atoms with E-state index in [0.717, 1.165) is 35.6 Å². The van der Waals surface area contributed by atoms with E-state index in [1.807, 2.05) is 35.9 Å². The second-order valence-electron chi connectivity index (χ2n) is 7.25. The number of benzene rings is 2. The van der Waals surface area contributed by atoms with Gasteiger partial charge in [-0.2, -0.15) is 0 Å². The van der Waals surface area contributed by atoms with Crippen molar-refractivity contribution in [1.82, 2.24) is 19.1 Å². The van der Waals surface area contributed by atoms with Crippen molar-refractivity contribution in [2.24, 2.45) is 0 Å². The van der Waals surface area contributed by atoms with Gasteiger partial charge in [-0.25, -0.2) is 9.97 Å². The summed E-state index contributed by atoms with van der Waals surface area (Å²) in [6.07, 6.45) is 4.66. The molecule has 0 unspecified atom stereocenters. The average molecular weight is 418 g/mol. The minimum absolute atomic E-state index is 0.124. The number of hydrogen-bond donors (Lipinski definition) is 1. The van der Waals surface area contributed by atoms with Crippen LogP contribution < -0.4 is 5.32 Å². The van der Waals surface area contributed by atoms with Crippen molar-refractivity contribution in [2.45, 2.75) is 33.4 Å². The monoisotopic (exact) mass is 418 g/mol. The maximum atomic E-state index is 12.6. The zero-order valence-corrected chi connectivity index (χ0v) is 17.3. The third kappa shape index (κ3) is 4.16. The fourth-order valence-electron chi connectivity index (χ4n) is 3.54. The number of fused-ring (bicyclic) bond motifs is 1. The first kappa shape index (κ1) is 20.3. The van der Waals surface area contributed by atoms with Crippen LogP contribution in [0.3, 0.4) is 0 Å². The number of nitro benzene ring substituents is 1. The van der Waals surface area contributed by atoms with Gasteiger partial charge in [-0.3, -0.25) is 14.9 Å². The predicted octanol–water partition coefficient (Wildman–Crippen LogP) is 4.16. The number of nitro groups is 1. The minimum Gasteiger partial charge on any atom is -0.328 e. The van der Waals surface area contributed by atoms with Crippen molar-refractivity contribution in [3.63, 3.8) is 0 Å². The highest BCUT2D eigenvalue weighted by Gasteiger charge is 2.15. The zero-order chi connectivity index (χ0) is 22.0. The number of nitrogens with zero attached hydrogens (tertiary/aromatic N) is 5. The van der Waals surface area contributed by atoms with Crippen molar-refractivity contribution in [3.05, 3.63) is 82.2 Å². The van der Waals surface area contributed by atoms with Gasteiger partial charge in [0, 0.05) is 42.3 Å². The molecule has 0 aliphatic carbocycles. The fourth-order valence-corrected chi connectivity index (χ4v) is 3.54. The van der Waals surface area contributed by atoms with Crippen LogP contribution in [0.15, 0.2) is 54.9 Å². The second kappa shape index (κ2) is 8.39. The molecule has 9 nitrogen and oxygen atoms in total. The normalized spacial score (nSPS) is 11.0. The van der Waals surface area contributed by atoms with Gasteiger partial charge in [0.25, 0.3) is 11.6 Å². The van der Waals surface area contributed by atoms with Crippen LogP contribution in [0.4, 0.5) is 11.4 Å². The number of carbonyl (C=O) groups excluding carboxylic acids is 1. The van der Waals surface area contributed by atoms with Crippen LogP contribution in [-0.4, -0.2) is 29.9 Å². The first-order valence-corrected chi connectivity index (χ1v) is 9.99. The Balaban J connectivity index is 1.63. The number of anilines is 1. The first-order valence-electron chi connectivity index (χ1n) is 9.99. The topological polar surface area (TPSA) is 108 Å². The van der Waals surface area contributed by atoms with Gasteiger partial charge in [-0.1, -0.05) is 13.0 Å². The summed E-state index contributed by atoms with van der Waals surface area (Å²) in [5.74, 6) is 1.42. The molecule has 0 radical (unpaired) electrons. The van der Waals surface area contributed by atoms with Crippen LogP contribution >= 0.6 is 0 Å². The van der Waals surface area contributed by atoms with E-state index >= 15 is 0 Å². The molecule has 0 aliphatic heterocycles. The van der Waals surface area contributed by atoms with Gasteiger partial charge in [0.15, 0.2) is 0 Å². The van der Waals surface area contributed by atoms with Gasteiger partial charge < -0.3 is 14.5 Å². The summed E-state index contributed by atoms with van der Waals surface area (Å²) in [4.78, 5) is 32.1. The molecule has 1 N–H and O–H groups in total.